The van der Waals surface area contributed by atoms with E-state index in [0.717, 1.165) is 30.9 Å². The number of aromatic nitrogens is 1. The molecule has 2 heterocycles. The summed E-state index contributed by atoms with van der Waals surface area (Å²) >= 11 is 0. The Hall–Kier alpha value is -0.970. The van der Waals surface area contributed by atoms with E-state index in [-0.39, 0.29) is 12.6 Å². The Bertz CT molecular complexity index is 297. The van der Waals surface area contributed by atoms with Crippen molar-refractivity contribution in [3.05, 3.63) is 29.6 Å². The van der Waals surface area contributed by atoms with Crippen molar-refractivity contribution in [2.45, 2.75) is 12.6 Å². The summed E-state index contributed by atoms with van der Waals surface area (Å²) in [6, 6.07) is 4.06. The summed E-state index contributed by atoms with van der Waals surface area (Å²) in [5, 5.41) is 15.7. The lowest BCUT2D eigenvalue weighted by molar-refractivity contribution is 0.281. The number of nitrogens with one attached hydrogen (secondary N) is 2. The first-order valence-electron chi connectivity index (χ1n) is 4.90. The van der Waals surface area contributed by atoms with Gasteiger partial charge in [0, 0.05) is 25.8 Å². The maximum atomic E-state index is 9.00. The molecule has 2 rings (SSSR count). The van der Waals surface area contributed by atoms with Crippen molar-refractivity contribution in [3.8, 4) is 0 Å². The van der Waals surface area contributed by atoms with Crippen LogP contribution in [-0.2, 0) is 6.61 Å². The standard InChI is InChI=1S/C10H15N3O/c14-7-8-1-2-12-9(5-8)10-6-11-3-4-13-10/h1-2,5,10-11,13-14H,3-4,6-7H2/t10-/m0/s1. The number of piperazine rings is 1. The molecule has 1 aromatic rings. The third kappa shape index (κ3) is 2.09. The molecule has 0 unspecified atom stereocenters. The number of nitrogens with zero attached hydrogens (tertiary/aromatic N) is 1. The highest BCUT2D eigenvalue weighted by Crippen LogP contribution is 2.12. The summed E-state index contributed by atoms with van der Waals surface area (Å²) in [6.07, 6.45) is 1.75. The van der Waals surface area contributed by atoms with Gasteiger partial charge in [0.15, 0.2) is 0 Å². The topological polar surface area (TPSA) is 57.2 Å². The lowest BCUT2D eigenvalue weighted by Gasteiger charge is -2.24. The van der Waals surface area contributed by atoms with Crippen molar-refractivity contribution < 1.29 is 5.11 Å². The summed E-state index contributed by atoms with van der Waals surface area (Å²) < 4.78 is 0. The monoisotopic (exact) mass is 193 g/mol. The minimum Gasteiger partial charge on any atom is -0.392 e. The number of aliphatic hydroxyl groups is 1. The maximum absolute atomic E-state index is 9.00. The third-order valence-corrected chi connectivity index (χ3v) is 2.43. The van der Waals surface area contributed by atoms with Gasteiger partial charge in [-0.05, 0) is 17.7 Å². The van der Waals surface area contributed by atoms with Gasteiger partial charge in [0.25, 0.3) is 0 Å². The van der Waals surface area contributed by atoms with Gasteiger partial charge in [0.2, 0.25) is 0 Å². The highest BCUT2D eigenvalue weighted by atomic mass is 16.3. The molecule has 0 aromatic carbocycles. The lowest BCUT2D eigenvalue weighted by atomic mass is 10.1. The molecular weight excluding hydrogens is 178 g/mol. The first-order valence-corrected chi connectivity index (χ1v) is 4.90. The predicted octanol–water partition coefficient (Wildman–Crippen LogP) is -0.192. The van der Waals surface area contributed by atoms with Crippen LogP contribution in [0.15, 0.2) is 18.3 Å². The van der Waals surface area contributed by atoms with Crippen molar-refractivity contribution in [1.82, 2.24) is 15.6 Å². The Kier molecular flexibility index (Phi) is 3.08. The SMILES string of the molecule is OCc1ccnc([C@@H]2CNCCN2)c1. The second-order valence-corrected chi connectivity index (χ2v) is 3.46. The fourth-order valence-corrected chi connectivity index (χ4v) is 1.65. The zero-order valence-corrected chi connectivity index (χ0v) is 8.03. The number of aliphatic hydroxyl groups excluding tert-OH is 1. The number of hydrogen-bond acceptors (Lipinski definition) is 4. The summed E-state index contributed by atoms with van der Waals surface area (Å²) in [7, 11) is 0. The van der Waals surface area contributed by atoms with Gasteiger partial charge in [-0.1, -0.05) is 0 Å². The van der Waals surface area contributed by atoms with Gasteiger partial charge in [-0.25, -0.2) is 0 Å². The summed E-state index contributed by atoms with van der Waals surface area (Å²) in [6.45, 7) is 2.96. The predicted molar refractivity (Wildman–Crippen MR) is 53.8 cm³/mol. The minimum atomic E-state index is 0.0790. The van der Waals surface area contributed by atoms with Gasteiger partial charge in [-0.15, -0.1) is 0 Å². The Morgan fingerprint density at radius 1 is 1.50 bits per heavy atom. The Labute approximate surface area is 83.4 Å². The molecule has 0 spiro atoms. The fraction of sp³-hybridized carbons (Fsp3) is 0.500. The molecule has 0 aliphatic carbocycles. The van der Waals surface area contributed by atoms with E-state index >= 15 is 0 Å². The van der Waals surface area contributed by atoms with Crippen LogP contribution in [-0.4, -0.2) is 29.7 Å². The Morgan fingerprint density at radius 2 is 2.43 bits per heavy atom. The number of hydrogen-bond donors (Lipinski definition) is 3. The van der Waals surface area contributed by atoms with Crippen LogP contribution in [0, 0.1) is 0 Å². The van der Waals surface area contributed by atoms with Crippen molar-refractivity contribution in [3.63, 3.8) is 0 Å². The largest absolute Gasteiger partial charge is 0.392 e. The van der Waals surface area contributed by atoms with Crippen LogP contribution in [0.4, 0.5) is 0 Å². The maximum Gasteiger partial charge on any atom is 0.0683 e. The molecule has 4 heteroatoms. The van der Waals surface area contributed by atoms with Gasteiger partial charge < -0.3 is 15.7 Å². The molecule has 0 bridgehead atoms. The van der Waals surface area contributed by atoms with Gasteiger partial charge in [0.05, 0.1) is 18.3 Å². The Balaban J connectivity index is 2.13. The highest BCUT2D eigenvalue weighted by molar-refractivity contribution is 5.18. The second-order valence-electron chi connectivity index (χ2n) is 3.46. The molecule has 0 radical (unpaired) electrons. The molecule has 14 heavy (non-hydrogen) atoms. The first-order chi connectivity index (χ1) is 6.90. The first kappa shape index (κ1) is 9.58. The van der Waals surface area contributed by atoms with Gasteiger partial charge >= 0.3 is 0 Å². The molecule has 1 atom stereocenters. The Morgan fingerprint density at radius 3 is 3.14 bits per heavy atom. The average Bonchev–Trinajstić information content (AvgIpc) is 2.30. The molecule has 1 saturated heterocycles. The van der Waals surface area contributed by atoms with Crippen LogP contribution in [0.3, 0.4) is 0 Å². The molecule has 1 aliphatic rings. The molecular formula is C10H15N3O. The fourth-order valence-electron chi connectivity index (χ4n) is 1.65. The van der Waals surface area contributed by atoms with E-state index in [4.69, 9.17) is 5.11 Å². The van der Waals surface area contributed by atoms with Crippen molar-refractivity contribution in [1.29, 1.82) is 0 Å². The highest BCUT2D eigenvalue weighted by Gasteiger charge is 2.15. The molecule has 1 aromatic heterocycles. The minimum absolute atomic E-state index is 0.0790. The van der Waals surface area contributed by atoms with E-state index < -0.39 is 0 Å². The average molecular weight is 193 g/mol. The number of pyridine rings is 1. The molecule has 0 saturated carbocycles. The number of rotatable bonds is 2. The molecule has 1 fully saturated rings. The van der Waals surface area contributed by atoms with Crippen LogP contribution in [0.2, 0.25) is 0 Å². The smallest absolute Gasteiger partial charge is 0.0683 e. The summed E-state index contributed by atoms with van der Waals surface area (Å²) in [4.78, 5) is 4.30. The normalized spacial score (nSPS) is 22.2. The van der Waals surface area contributed by atoms with E-state index in [2.05, 4.69) is 15.6 Å². The summed E-state index contributed by atoms with van der Waals surface area (Å²) in [5.41, 5.74) is 1.92. The van der Waals surface area contributed by atoms with Crippen LogP contribution in [0.5, 0.6) is 0 Å². The molecule has 0 amide bonds. The molecule has 4 nitrogen and oxygen atoms in total. The van der Waals surface area contributed by atoms with Crippen LogP contribution in [0.1, 0.15) is 17.3 Å². The van der Waals surface area contributed by atoms with Gasteiger partial charge in [-0.2, -0.15) is 0 Å². The van der Waals surface area contributed by atoms with Crippen LogP contribution < -0.4 is 10.6 Å². The van der Waals surface area contributed by atoms with Crippen LogP contribution >= 0.6 is 0 Å². The van der Waals surface area contributed by atoms with Gasteiger partial charge in [-0.3, -0.25) is 4.98 Å². The zero-order valence-electron chi connectivity index (χ0n) is 8.03. The lowest BCUT2D eigenvalue weighted by Crippen LogP contribution is -2.42. The quantitative estimate of drug-likeness (QED) is 0.609. The van der Waals surface area contributed by atoms with E-state index in [1.54, 1.807) is 6.20 Å². The molecule has 76 valence electrons. The molecule has 3 N–H and O–H groups in total. The van der Waals surface area contributed by atoms with Crippen molar-refractivity contribution in [2.75, 3.05) is 19.6 Å². The van der Waals surface area contributed by atoms with E-state index in [0.29, 0.717) is 0 Å². The van der Waals surface area contributed by atoms with Crippen LogP contribution in [0.25, 0.3) is 0 Å². The van der Waals surface area contributed by atoms with Gasteiger partial charge in [0.1, 0.15) is 0 Å². The van der Waals surface area contributed by atoms with E-state index in [1.165, 1.54) is 0 Å². The van der Waals surface area contributed by atoms with Crippen molar-refractivity contribution in [2.24, 2.45) is 0 Å². The van der Waals surface area contributed by atoms with E-state index in [9.17, 15) is 0 Å². The molecule has 1 aliphatic heterocycles. The van der Waals surface area contributed by atoms with E-state index in [1.807, 2.05) is 12.1 Å². The third-order valence-electron chi connectivity index (χ3n) is 2.43. The second kappa shape index (κ2) is 4.50. The van der Waals surface area contributed by atoms with Crippen molar-refractivity contribution >= 4 is 0 Å². The summed E-state index contributed by atoms with van der Waals surface area (Å²) in [5.74, 6) is 0. The zero-order chi connectivity index (χ0) is 9.80.